The van der Waals surface area contributed by atoms with Crippen LogP contribution in [0.2, 0.25) is 0 Å². The molecule has 2 rings (SSSR count). The van der Waals surface area contributed by atoms with E-state index in [1.54, 1.807) is 48.4 Å². The number of nitrogens with two attached hydrogens (primary N) is 1. The van der Waals surface area contributed by atoms with Gasteiger partial charge < -0.3 is 21.7 Å². The van der Waals surface area contributed by atoms with Crippen LogP contribution in [0.25, 0.3) is 0 Å². The zero-order valence-electron chi connectivity index (χ0n) is 15.4. The van der Waals surface area contributed by atoms with E-state index in [-0.39, 0.29) is 36.8 Å². The molecule has 10 heteroatoms. The van der Waals surface area contributed by atoms with Crippen LogP contribution in [0.4, 0.5) is 16.2 Å². The maximum Gasteiger partial charge on any atom is 0.319 e. The molecule has 0 bridgehead atoms. The van der Waals surface area contributed by atoms with Gasteiger partial charge >= 0.3 is 6.03 Å². The van der Waals surface area contributed by atoms with Gasteiger partial charge in [-0.3, -0.25) is 9.78 Å². The van der Waals surface area contributed by atoms with Crippen molar-refractivity contribution in [3.8, 4) is 0 Å². The second-order valence-corrected chi connectivity index (χ2v) is 6.61. The Balaban J connectivity index is 0.00000364. The van der Waals surface area contributed by atoms with Crippen molar-refractivity contribution in [2.45, 2.75) is 19.0 Å². The summed E-state index contributed by atoms with van der Waals surface area (Å²) in [7, 11) is 0. The van der Waals surface area contributed by atoms with Crippen LogP contribution in [-0.4, -0.2) is 35.0 Å². The van der Waals surface area contributed by atoms with E-state index in [0.29, 0.717) is 24.3 Å². The number of halogens is 2. The number of hydrogen-bond donors (Lipinski definition) is 4. The SMILES string of the molecule is CSCC[C@H](N)C(=O)Nc1cccc(NC(=O)NCc2ccncc2)c1.Cl.Cl. The molecule has 28 heavy (non-hydrogen) atoms. The number of pyridine rings is 1. The van der Waals surface area contributed by atoms with Crippen LogP contribution in [0.1, 0.15) is 12.0 Å². The van der Waals surface area contributed by atoms with Gasteiger partial charge in [0.05, 0.1) is 6.04 Å². The van der Waals surface area contributed by atoms with Gasteiger partial charge in [-0.05, 0) is 54.3 Å². The Hall–Kier alpha value is -2.00. The zero-order chi connectivity index (χ0) is 18.8. The van der Waals surface area contributed by atoms with Gasteiger partial charge in [-0.25, -0.2) is 4.79 Å². The van der Waals surface area contributed by atoms with Crippen LogP contribution in [0.3, 0.4) is 0 Å². The maximum atomic E-state index is 12.1. The zero-order valence-corrected chi connectivity index (χ0v) is 17.8. The van der Waals surface area contributed by atoms with Crippen molar-refractivity contribution < 1.29 is 9.59 Å². The number of benzene rings is 1. The van der Waals surface area contributed by atoms with Crippen LogP contribution in [-0.2, 0) is 11.3 Å². The Morgan fingerprint density at radius 2 is 1.75 bits per heavy atom. The summed E-state index contributed by atoms with van der Waals surface area (Å²) in [5.74, 6) is 0.590. The van der Waals surface area contributed by atoms with Crippen molar-refractivity contribution in [1.82, 2.24) is 10.3 Å². The summed E-state index contributed by atoms with van der Waals surface area (Å²) in [5, 5.41) is 8.27. The largest absolute Gasteiger partial charge is 0.334 e. The fourth-order valence-corrected chi connectivity index (χ4v) is 2.63. The molecule has 0 saturated heterocycles. The molecule has 0 unspecified atom stereocenters. The molecule has 0 aliphatic carbocycles. The van der Waals surface area contributed by atoms with Crippen molar-refractivity contribution in [2.75, 3.05) is 22.6 Å². The molecule has 154 valence electrons. The van der Waals surface area contributed by atoms with Crippen LogP contribution < -0.4 is 21.7 Å². The standard InChI is InChI=1S/C18H23N5O2S.2ClH/c1-26-10-7-16(19)17(24)22-14-3-2-4-15(11-14)23-18(25)21-12-13-5-8-20-9-6-13;;/h2-6,8-9,11,16H,7,10,12,19H2,1H3,(H,22,24)(H2,21,23,25);2*1H/t16-;;/m0../s1. The monoisotopic (exact) mass is 445 g/mol. The number of nitrogens with zero attached hydrogens (tertiary/aromatic N) is 1. The highest BCUT2D eigenvalue weighted by Gasteiger charge is 2.13. The van der Waals surface area contributed by atoms with Gasteiger partial charge in [0.1, 0.15) is 0 Å². The molecule has 1 atom stereocenters. The lowest BCUT2D eigenvalue weighted by molar-refractivity contribution is -0.117. The molecular formula is C18H25Cl2N5O2S. The molecule has 5 N–H and O–H groups in total. The van der Waals surface area contributed by atoms with Gasteiger partial charge in [0.2, 0.25) is 5.91 Å². The van der Waals surface area contributed by atoms with E-state index in [9.17, 15) is 9.59 Å². The summed E-state index contributed by atoms with van der Waals surface area (Å²) < 4.78 is 0. The number of carbonyl (C=O) groups excluding carboxylic acids is 2. The molecule has 3 amide bonds. The Morgan fingerprint density at radius 3 is 2.39 bits per heavy atom. The lowest BCUT2D eigenvalue weighted by Gasteiger charge is -2.13. The van der Waals surface area contributed by atoms with E-state index >= 15 is 0 Å². The molecule has 0 aliphatic heterocycles. The molecule has 0 saturated carbocycles. The van der Waals surface area contributed by atoms with Crippen molar-refractivity contribution in [1.29, 1.82) is 0 Å². The van der Waals surface area contributed by atoms with Gasteiger partial charge in [-0.1, -0.05) is 6.07 Å². The van der Waals surface area contributed by atoms with Gasteiger partial charge in [-0.2, -0.15) is 11.8 Å². The summed E-state index contributed by atoms with van der Waals surface area (Å²) in [4.78, 5) is 28.0. The van der Waals surface area contributed by atoms with Crippen LogP contribution in [0, 0.1) is 0 Å². The number of amides is 3. The molecule has 1 aromatic carbocycles. The number of anilines is 2. The lowest BCUT2D eigenvalue weighted by Crippen LogP contribution is -2.36. The second kappa shape index (κ2) is 14.1. The summed E-state index contributed by atoms with van der Waals surface area (Å²) in [6, 6.07) is 9.71. The molecule has 0 aliphatic rings. The molecular weight excluding hydrogens is 421 g/mol. The quantitative estimate of drug-likeness (QED) is 0.498. The van der Waals surface area contributed by atoms with Crippen molar-refractivity contribution in [3.63, 3.8) is 0 Å². The number of carbonyl (C=O) groups is 2. The lowest BCUT2D eigenvalue weighted by atomic mass is 10.2. The van der Waals surface area contributed by atoms with Crippen molar-refractivity contribution in [2.24, 2.45) is 5.73 Å². The first-order valence-corrected chi connectivity index (χ1v) is 9.57. The molecule has 0 radical (unpaired) electrons. The maximum absolute atomic E-state index is 12.1. The normalized spacial score (nSPS) is 10.6. The highest BCUT2D eigenvalue weighted by molar-refractivity contribution is 7.98. The second-order valence-electron chi connectivity index (χ2n) is 5.62. The summed E-state index contributed by atoms with van der Waals surface area (Å²) in [5.41, 5.74) is 7.97. The number of nitrogens with one attached hydrogen (secondary N) is 3. The Kier molecular flexibility index (Phi) is 13.1. The van der Waals surface area contributed by atoms with E-state index in [2.05, 4.69) is 20.9 Å². The number of aromatic nitrogens is 1. The van der Waals surface area contributed by atoms with Crippen LogP contribution in [0.5, 0.6) is 0 Å². The molecule has 1 heterocycles. The molecule has 1 aromatic heterocycles. The predicted octanol–water partition coefficient (Wildman–Crippen LogP) is 3.27. The average Bonchev–Trinajstić information content (AvgIpc) is 2.65. The van der Waals surface area contributed by atoms with E-state index < -0.39 is 6.04 Å². The van der Waals surface area contributed by atoms with Crippen LogP contribution >= 0.6 is 36.6 Å². The number of hydrogen-bond acceptors (Lipinski definition) is 5. The Bertz CT molecular complexity index is 737. The van der Waals surface area contributed by atoms with Gasteiger partial charge in [0.15, 0.2) is 0 Å². The minimum absolute atomic E-state index is 0. The molecule has 0 fully saturated rings. The van der Waals surface area contributed by atoms with Gasteiger partial charge in [-0.15, -0.1) is 24.8 Å². The third-order valence-electron chi connectivity index (χ3n) is 3.56. The molecule has 2 aromatic rings. The first-order chi connectivity index (χ1) is 12.6. The summed E-state index contributed by atoms with van der Waals surface area (Å²) in [6.07, 6.45) is 5.93. The first-order valence-electron chi connectivity index (χ1n) is 8.17. The van der Waals surface area contributed by atoms with E-state index in [1.807, 2.05) is 18.4 Å². The predicted molar refractivity (Wildman–Crippen MR) is 121 cm³/mol. The topological polar surface area (TPSA) is 109 Å². The number of thioether (sulfide) groups is 1. The summed E-state index contributed by atoms with van der Waals surface area (Å²) in [6.45, 7) is 0.398. The third-order valence-corrected chi connectivity index (χ3v) is 4.20. The van der Waals surface area contributed by atoms with E-state index in [4.69, 9.17) is 5.73 Å². The Labute approximate surface area is 181 Å². The Morgan fingerprint density at radius 1 is 1.11 bits per heavy atom. The number of urea groups is 1. The van der Waals surface area contributed by atoms with Crippen molar-refractivity contribution >= 4 is 59.9 Å². The minimum Gasteiger partial charge on any atom is -0.334 e. The molecule has 7 nitrogen and oxygen atoms in total. The van der Waals surface area contributed by atoms with Crippen LogP contribution in [0.15, 0.2) is 48.8 Å². The fraction of sp³-hybridized carbons (Fsp3) is 0.278. The smallest absolute Gasteiger partial charge is 0.319 e. The highest BCUT2D eigenvalue weighted by Crippen LogP contribution is 2.15. The highest BCUT2D eigenvalue weighted by atomic mass is 35.5. The van der Waals surface area contributed by atoms with Crippen molar-refractivity contribution in [3.05, 3.63) is 54.4 Å². The van der Waals surface area contributed by atoms with Gasteiger partial charge in [0, 0.05) is 30.3 Å². The average molecular weight is 446 g/mol. The first kappa shape index (κ1) is 26.0. The fourth-order valence-electron chi connectivity index (χ4n) is 2.14. The third kappa shape index (κ3) is 9.27. The minimum atomic E-state index is -0.553. The number of rotatable bonds is 8. The summed E-state index contributed by atoms with van der Waals surface area (Å²) >= 11 is 1.65. The molecule has 0 spiro atoms. The van der Waals surface area contributed by atoms with E-state index in [0.717, 1.165) is 11.3 Å². The van der Waals surface area contributed by atoms with Gasteiger partial charge in [0.25, 0.3) is 0 Å². The van der Waals surface area contributed by atoms with E-state index in [1.165, 1.54) is 0 Å².